The number of likely N-dealkylation sites (N-methyl/N-ethyl adjacent to an activating group) is 1. The molecule has 2 N–H and O–H groups in total. The smallest absolute Gasteiger partial charge is 0.456 e. The van der Waals surface area contributed by atoms with Gasteiger partial charge in [0, 0.05) is 12.8 Å². The van der Waals surface area contributed by atoms with Crippen molar-refractivity contribution in [3.63, 3.8) is 0 Å². The molecule has 0 aliphatic rings. The highest BCUT2D eigenvalue weighted by atomic mass is 31.2. The summed E-state index contributed by atoms with van der Waals surface area (Å²) < 4.78 is 30.9. The van der Waals surface area contributed by atoms with Gasteiger partial charge in [0.05, 0.1) is 33.8 Å². The first-order valence-electron chi connectivity index (χ1n) is 38.7. The van der Waals surface area contributed by atoms with Crippen molar-refractivity contribution >= 4 is 19.7 Å². The van der Waals surface area contributed by atoms with E-state index in [4.69, 9.17) is 13.8 Å². The number of hydrogen-bond acceptors (Lipinski definition) is 6. The number of esters is 1. The van der Waals surface area contributed by atoms with E-state index < -0.39 is 20.0 Å². The third-order valence-corrected chi connectivity index (χ3v) is 18.9. The number of phosphoric acid groups is 1. The van der Waals surface area contributed by atoms with Gasteiger partial charge in [-0.25, -0.2) is 4.57 Å². The topological polar surface area (TPSA) is 111 Å². The van der Waals surface area contributed by atoms with Crippen LogP contribution in [0, 0.1) is 0 Å². The van der Waals surface area contributed by atoms with Gasteiger partial charge in [-0.05, 0) is 57.4 Å². The molecule has 0 radical (unpaired) electrons. The number of unbranched alkanes of at least 4 members (excludes halogenated alkanes) is 54. The SMILES string of the molecule is CCCCCCCC/C=C/CCCCCCCCCCCCCCCC(=O)NC(COP(=O)(O)OCC[N+](C)(C)C)C(/C=C/CCCCCCCCCCCCC)OC(=O)CCCCCCCCCCCCCCCCCCCCCCCCCCC. The van der Waals surface area contributed by atoms with Gasteiger partial charge >= 0.3 is 13.8 Å². The molecule has 1 amide bonds. The molecular weight excluding hydrogens is 1100 g/mol. The Morgan fingerprint density at radius 1 is 0.391 bits per heavy atom. The molecule has 0 aliphatic heterocycles. The molecule has 0 aromatic rings. The summed E-state index contributed by atoms with van der Waals surface area (Å²) in [5, 5.41) is 3.09. The third kappa shape index (κ3) is 68.7. The van der Waals surface area contributed by atoms with E-state index in [0.717, 1.165) is 57.8 Å². The van der Waals surface area contributed by atoms with Crippen LogP contribution in [0.4, 0.5) is 0 Å². The number of rotatable bonds is 72. The number of carbonyl (C=O) groups excluding carboxylic acids is 2. The Balaban J connectivity index is 4.97. The minimum atomic E-state index is -4.45. The number of quaternary nitrogens is 1. The highest BCUT2D eigenvalue weighted by molar-refractivity contribution is 7.47. The second-order valence-corrected chi connectivity index (χ2v) is 29.3. The fourth-order valence-electron chi connectivity index (χ4n) is 11.9. The highest BCUT2D eigenvalue weighted by Crippen LogP contribution is 2.43. The number of nitrogens with one attached hydrogen (secondary N) is 1. The molecule has 9 nitrogen and oxygen atoms in total. The lowest BCUT2D eigenvalue weighted by Gasteiger charge is -2.27. The van der Waals surface area contributed by atoms with Crippen LogP contribution in [0.1, 0.15) is 406 Å². The van der Waals surface area contributed by atoms with Crippen molar-refractivity contribution < 1.29 is 37.3 Å². The third-order valence-electron chi connectivity index (χ3n) is 17.9. The molecule has 0 rings (SSSR count). The van der Waals surface area contributed by atoms with Crippen LogP contribution in [-0.2, 0) is 27.9 Å². The Hall–Kier alpha value is -1.51. The number of nitrogens with zero attached hydrogens (tertiary/aromatic N) is 1. The molecule has 10 heteroatoms. The van der Waals surface area contributed by atoms with E-state index in [2.05, 4.69) is 44.3 Å². The first-order valence-corrected chi connectivity index (χ1v) is 40.2. The highest BCUT2D eigenvalue weighted by Gasteiger charge is 2.30. The van der Waals surface area contributed by atoms with Crippen LogP contribution in [0.5, 0.6) is 0 Å². The zero-order valence-electron chi connectivity index (χ0n) is 59.3. The Bertz CT molecular complexity index is 1530. The van der Waals surface area contributed by atoms with E-state index in [0.29, 0.717) is 23.9 Å². The molecule has 0 spiro atoms. The van der Waals surface area contributed by atoms with Gasteiger partial charge in [0.1, 0.15) is 19.3 Å². The van der Waals surface area contributed by atoms with E-state index in [1.807, 2.05) is 27.2 Å². The number of amides is 1. The van der Waals surface area contributed by atoms with Gasteiger partial charge in [0.2, 0.25) is 5.91 Å². The molecular formula is C77H152N2O7P+. The zero-order valence-corrected chi connectivity index (χ0v) is 60.2. The number of allylic oxidation sites excluding steroid dienone is 3. The molecule has 3 atom stereocenters. The van der Waals surface area contributed by atoms with Crippen molar-refractivity contribution in [2.75, 3.05) is 40.9 Å². The van der Waals surface area contributed by atoms with Crippen LogP contribution < -0.4 is 5.32 Å². The summed E-state index contributed by atoms with van der Waals surface area (Å²) in [4.78, 5) is 38.0. The number of phosphoric ester groups is 1. The van der Waals surface area contributed by atoms with Crippen LogP contribution in [0.25, 0.3) is 0 Å². The average molecular weight is 1250 g/mol. The van der Waals surface area contributed by atoms with Crippen molar-refractivity contribution in [3.8, 4) is 0 Å². The van der Waals surface area contributed by atoms with E-state index in [1.54, 1.807) is 0 Å². The van der Waals surface area contributed by atoms with Crippen molar-refractivity contribution in [1.82, 2.24) is 5.32 Å². The normalized spacial score (nSPS) is 13.5. The molecule has 0 bridgehead atoms. The largest absolute Gasteiger partial charge is 0.472 e. The second kappa shape index (κ2) is 67.4. The molecule has 0 aromatic heterocycles. The van der Waals surface area contributed by atoms with Gasteiger partial charge in [-0.2, -0.15) is 0 Å². The van der Waals surface area contributed by atoms with Gasteiger partial charge < -0.3 is 19.4 Å². The summed E-state index contributed by atoms with van der Waals surface area (Å²) in [5.74, 6) is -0.478. The van der Waals surface area contributed by atoms with Gasteiger partial charge in [-0.1, -0.05) is 360 Å². The number of carbonyl (C=O) groups is 2. The van der Waals surface area contributed by atoms with Crippen LogP contribution in [0.15, 0.2) is 24.3 Å². The summed E-state index contributed by atoms with van der Waals surface area (Å²) in [7, 11) is 1.52. The molecule has 0 aromatic carbocycles. The number of ether oxygens (including phenoxy) is 1. The van der Waals surface area contributed by atoms with Crippen LogP contribution in [-0.4, -0.2) is 74.3 Å². The van der Waals surface area contributed by atoms with Crippen LogP contribution in [0.2, 0.25) is 0 Å². The quantitative estimate of drug-likeness (QED) is 0.0205. The summed E-state index contributed by atoms with van der Waals surface area (Å²) in [6, 6.07) is -0.844. The lowest BCUT2D eigenvalue weighted by atomic mass is 10.0. The molecule has 3 unspecified atom stereocenters. The summed E-state index contributed by atoms with van der Waals surface area (Å²) >= 11 is 0. The van der Waals surface area contributed by atoms with E-state index in [9.17, 15) is 19.0 Å². The molecule has 0 saturated carbocycles. The fraction of sp³-hybridized carbons (Fsp3) is 0.922. The van der Waals surface area contributed by atoms with Crippen LogP contribution >= 0.6 is 7.82 Å². The minimum Gasteiger partial charge on any atom is -0.456 e. The lowest BCUT2D eigenvalue weighted by Crippen LogP contribution is -2.47. The maximum atomic E-state index is 13.7. The Kier molecular flexibility index (Phi) is 66.2. The van der Waals surface area contributed by atoms with Gasteiger partial charge in [-0.3, -0.25) is 18.6 Å². The number of hydrogen-bond donors (Lipinski definition) is 2. The molecule has 0 fully saturated rings. The summed E-state index contributed by atoms with van der Waals surface area (Å²) in [6.07, 6.45) is 83.5. The molecule has 0 aliphatic carbocycles. The van der Waals surface area contributed by atoms with Crippen LogP contribution in [0.3, 0.4) is 0 Å². The molecule has 516 valence electrons. The average Bonchev–Trinajstić information content (AvgIpc) is 3.69. The zero-order chi connectivity index (χ0) is 63.5. The van der Waals surface area contributed by atoms with Crippen molar-refractivity contribution in [2.45, 2.75) is 418 Å². The maximum Gasteiger partial charge on any atom is 0.472 e. The van der Waals surface area contributed by atoms with Crippen molar-refractivity contribution in [3.05, 3.63) is 24.3 Å². The predicted molar refractivity (Wildman–Crippen MR) is 379 cm³/mol. The predicted octanol–water partition coefficient (Wildman–Crippen LogP) is 24.8. The van der Waals surface area contributed by atoms with E-state index in [-0.39, 0.29) is 25.1 Å². The van der Waals surface area contributed by atoms with Crippen molar-refractivity contribution in [2.24, 2.45) is 0 Å². The van der Waals surface area contributed by atoms with Gasteiger partial charge in [-0.15, -0.1) is 0 Å². The monoisotopic (exact) mass is 1250 g/mol. The Labute approximate surface area is 543 Å². The van der Waals surface area contributed by atoms with Gasteiger partial charge in [0.25, 0.3) is 0 Å². The lowest BCUT2D eigenvalue weighted by molar-refractivity contribution is -0.870. The molecule has 0 saturated heterocycles. The second-order valence-electron chi connectivity index (χ2n) is 27.9. The summed E-state index contributed by atoms with van der Waals surface area (Å²) in [6.45, 7) is 7.10. The molecule has 0 heterocycles. The first kappa shape index (κ1) is 85.5. The standard InChI is InChI=1S/C77H151N2O7P/c1-7-10-13-16-19-22-25-28-30-32-34-36-38-39-41-43-45-47-49-52-55-58-61-64-67-70-77(81)86-75(68-65-62-59-56-53-50-27-24-21-18-15-12-9-3)74(73-85-87(82,83)84-72-71-79(4,5)6)78-76(80)69-66-63-60-57-54-51-48-46-44-42-40-37-35-33-31-29-26-23-20-17-14-11-8-2/h29,31,65,68,74-75H,7-28,30,32-64,66-67,69-73H2,1-6H3,(H-,78,80,82,83)/p+1/b31-29+,68-65+. The fourth-order valence-corrected chi connectivity index (χ4v) is 12.7. The van der Waals surface area contributed by atoms with E-state index >= 15 is 0 Å². The Morgan fingerprint density at radius 3 is 0.977 bits per heavy atom. The van der Waals surface area contributed by atoms with Crippen molar-refractivity contribution in [1.29, 1.82) is 0 Å². The Morgan fingerprint density at radius 2 is 0.667 bits per heavy atom. The van der Waals surface area contributed by atoms with E-state index in [1.165, 1.54) is 315 Å². The first-order chi connectivity index (χ1) is 42.4. The minimum absolute atomic E-state index is 0.0447. The summed E-state index contributed by atoms with van der Waals surface area (Å²) in [5.41, 5.74) is 0. The maximum absolute atomic E-state index is 13.7. The molecule has 87 heavy (non-hydrogen) atoms. The van der Waals surface area contributed by atoms with Gasteiger partial charge in [0.15, 0.2) is 0 Å².